The minimum atomic E-state index is -1.07. The van der Waals surface area contributed by atoms with E-state index < -0.39 is 11.9 Å². The van der Waals surface area contributed by atoms with Gasteiger partial charge in [-0.2, -0.15) is 15.2 Å². The quantitative estimate of drug-likeness (QED) is 0.392. The van der Waals surface area contributed by atoms with Crippen LogP contribution in [0.25, 0.3) is 11.1 Å². The molecular weight excluding hydrogens is 440 g/mol. The Labute approximate surface area is 193 Å². The zero-order valence-corrected chi connectivity index (χ0v) is 17.8. The number of benzene rings is 3. The van der Waals surface area contributed by atoms with E-state index in [9.17, 15) is 19.8 Å². The lowest BCUT2D eigenvalue weighted by atomic mass is 10.0. The van der Waals surface area contributed by atoms with Crippen LogP contribution >= 0.6 is 0 Å². The summed E-state index contributed by atoms with van der Waals surface area (Å²) >= 11 is 0. The van der Waals surface area contributed by atoms with E-state index in [-0.39, 0.29) is 29.5 Å². The van der Waals surface area contributed by atoms with Gasteiger partial charge in [-0.15, -0.1) is 0 Å². The number of carboxylic acid groups (broad SMARTS) is 1. The van der Waals surface area contributed by atoms with Crippen LogP contribution in [0.4, 0.5) is 11.4 Å². The third-order valence-electron chi connectivity index (χ3n) is 5.33. The maximum absolute atomic E-state index is 13.0. The number of ether oxygens (including phenoxy) is 2. The van der Waals surface area contributed by atoms with Gasteiger partial charge in [-0.05, 0) is 42.8 Å². The molecule has 0 aliphatic carbocycles. The second-order valence-electron chi connectivity index (χ2n) is 7.50. The maximum atomic E-state index is 13.0. The molecule has 5 rings (SSSR count). The van der Waals surface area contributed by atoms with Crippen molar-refractivity contribution < 1.29 is 29.3 Å². The van der Waals surface area contributed by atoms with E-state index >= 15 is 0 Å². The molecule has 3 aromatic carbocycles. The van der Waals surface area contributed by atoms with Crippen molar-refractivity contribution in [2.45, 2.75) is 6.92 Å². The molecule has 3 N–H and O–H groups in total. The lowest BCUT2D eigenvalue weighted by Crippen LogP contribution is -2.27. The van der Waals surface area contributed by atoms with Gasteiger partial charge in [0.05, 0.1) is 22.6 Å². The minimum Gasteiger partial charge on any atom is -0.505 e. The number of fused-ring (bicyclic) bond motifs is 1. The fraction of sp³-hybridized carbons (Fsp3) is 0.0833. The Morgan fingerprint density at radius 3 is 2.71 bits per heavy atom. The van der Waals surface area contributed by atoms with Gasteiger partial charge in [0.1, 0.15) is 5.75 Å². The molecule has 10 nitrogen and oxygen atoms in total. The van der Waals surface area contributed by atoms with Crippen LogP contribution < -0.4 is 19.9 Å². The number of hydrogen-bond acceptors (Lipinski definition) is 8. The smallest absolute Gasteiger partial charge is 0.335 e. The molecule has 0 saturated carbocycles. The van der Waals surface area contributed by atoms with Gasteiger partial charge in [0.2, 0.25) is 6.79 Å². The molecule has 2 aliphatic rings. The van der Waals surface area contributed by atoms with E-state index in [0.717, 1.165) is 0 Å². The molecule has 0 unspecified atom stereocenters. The van der Waals surface area contributed by atoms with Crippen molar-refractivity contribution in [3.63, 3.8) is 0 Å². The van der Waals surface area contributed by atoms with E-state index in [1.54, 1.807) is 55.5 Å². The molecule has 0 radical (unpaired) electrons. The predicted octanol–water partition coefficient (Wildman–Crippen LogP) is 3.68. The van der Waals surface area contributed by atoms with Crippen LogP contribution in [0.15, 0.2) is 70.9 Å². The number of rotatable bonds is 5. The Morgan fingerprint density at radius 1 is 1.09 bits per heavy atom. The molecule has 2 aliphatic heterocycles. The van der Waals surface area contributed by atoms with Gasteiger partial charge < -0.3 is 19.7 Å². The zero-order valence-electron chi connectivity index (χ0n) is 17.8. The van der Waals surface area contributed by atoms with Crippen LogP contribution in [0.2, 0.25) is 0 Å². The molecule has 2 heterocycles. The molecule has 10 heteroatoms. The summed E-state index contributed by atoms with van der Waals surface area (Å²) in [5.74, 6) is -0.537. The monoisotopic (exact) mass is 458 g/mol. The van der Waals surface area contributed by atoms with Gasteiger partial charge in [0.25, 0.3) is 0 Å². The van der Waals surface area contributed by atoms with E-state index in [2.05, 4.69) is 15.6 Å². The van der Waals surface area contributed by atoms with E-state index in [1.165, 1.54) is 17.1 Å². The van der Waals surface area contributed by atoms with Crippen LogP contribution in [0.5, 0.6) is 17.2 Å². The van der Waals surface area contributed by atoms with Crippen LogP contribution in [0, 0.1) is 0 Å². The van der Waals surface area contributed by atoms with Crippen LogP contribution in [-0.2, 0) is 4.79 Å². The molecule has 0 saturated heterocycles. The van der Waals surface area contributed by atoms with Gasteiger partial charge in [-0.1, -0.05) is 24.3 Å². The molecule has 34 heavy (non-hydrogen) atoms. The number of para-hydroxylation sites is 1. The molecule has 0 bridgehead atoms. The van der Waals surface area contributed by atoms with Gasteiger partial charge in [-0.25, -0.2) is 4.79 Å². The molecule has 3 aromatic rings. The van der Waals surface area contributed by atoms with Crippen molar-refractivity contribution in [3.8, 4) is 28.4 Å². The second-order valence-corrected chi connectivity index (χ2v) is 7.50. The lowest BCUT2D eigenvalue weighted by molar-refractivity contribution is -0.112. The van der Waals surface area contributed by atoms with Crippen LogP contribution in [0.3, 0.4) is 0 Å². The van der Waals surface area contributed by atoms with Crippen molar-refractivity contribution in [3.05, 3.63) is 66.2 Å². The van der Waals surface area contributed by atoms with Crippen LogP contribution in [-0.4, -0.2) is 40.3 Å². The number of carbonyl (C=O) groups is 2. The lowest BCUT2D eigenvalue weighted by Gasteiger charge is -2.12. The number of aromatic hydroxyl groups is 1. The average Bonchev–Trinajstić information content (AvgIpc) is 3.42. The Kier molecular flexibility index (Phi) is 5.09. The van der Waals surface area contributed by atoms with E-state index in [0.29, 0.717) is 34.0 Å². The van der Waals surface area contributed by atoms with Crippen molar-refractivity contribution in [2.24, 2.45) is 10.2 Å². The van der Waals surface area contributed by atoms with E-state index in [1.807, 2.05) is 0 Å². The number of nitrogens with one attached hydrogen (secondary N) is 1. The number of anilines is 2. The molecular formula is C24H18N4O6. The first-order chi connectivity index (χ1) is 16.4. The molecule has 1 amide bonds. The van der Waals surface area contributed by atoms with Crippen molar-refractivity contribution >= 4 is 34.7 Å². The molecule has 0 atom stereocenters. The summed E-state index contributed by atoms with van der Waals surface area (Å²) in [7, 11) is 0. The SMILES string of the molecule is CC1=NN(c2ccc3c(c2)OCO3)C(=O)/C1=N\Nc1cccc(-c2cccc(C(=O)O)c2)c1O. The fourth-order valence-corrected chi connectivity index (χ4v) is 3.62. The highest BCUT2D eigenvalue weighted by atomic mass is 16.7. The number of phenolic OH excluding ortho intramolecular Hbond substituents is 1. The number of carbonyl (C=O) groups excluding carboxylic acids is 1. The number of nitrogens with zero attached hydrogens (tertiary/aromatic N) is 3. The first-order valence-electron chi connectivity index (χ1n) is 10.2. The van der Waals surface area contributed by atoms with E-state index in [4.69, 9.17) is 9.47 Å². The van der Waals surface area contributed by atoms with Gasteiger partial charge in [-0.3, -0.25) is 10.2 Å². The normalized spacial score (nSPS) is 15.6. The Hall–Kier alpha value is -4.86. The molecule has 0 aromatic heterocycles. The summed E-state index contributed by atoms with van der Waals surface area (Å²) in [4.78, 5) is 24.2. The standard InChI is InChI=1S/C24H18N4O6/c1-13-21(23(30)28(27-13)16-8-9-19-20(11-16)34-12-33-19)26-25-18-7-3-6-17(22(18)29)14-4-2-5-15(10-14)24(31)32/h2-11,25,29H,12H2,1H3,(H,31,32)/b26-21-. The van der Waals surface area contributed by atoms with Crippen LogP contribution in [0.1, 0.15) is 17.3 Å². The van der Waals surface area contributed by atoms with Gasteiger partial charge in [0.15, 0.2) is 17.2 Å². The van der Waals surface area contributed by atoms with Crippen molar-refractivity contribution in [2.75, 3.05) is 17.2 Å². The van der Waals surface area contributed by atoms with Gasteiger partial charge >= 0.3 is 11.9 Å². The summed E-state index contributed by atoms with van der Waals surface area (Å²) in [5, 5.41) is 29.7. The number of amides is 1. The average molecular weight is 458 g/mol. The number of hydrazone groups is 2. The first-order valence-corrected chi connectivity index (χ1v) is 10.2. The number of aromatic carboxylic acids is 1. The highest BCUT2D eigenvalue weighted by Gasteiger charge is 2.32. The number of phenols is 1. The Morgan fingerprint density at radius 2 is 1.88 bits per heavy atom. The maximum Gasteiger partial charge on any atom is 0.335 e. The topological polar surface area (TPSA) is 133 Å². The third kappa shape index (κ3) is 3.66. The Bertz CT molecular complexity index is 1400. The molecule has 170 valence electrons. The summed E-state index contributed by atoms with van der Waals surface area (Å²) in [6.07, 6.45) is 0. The molecule has 0 fully saturated rings. The summed E-state index contributed by atoms with van der Waals surface area (Å²) in [5.41, 5.74) is 4.98. The number of carboxylic acids is 1. The summed E-state index contributed by atoms with van der Waals surface area (Å²) < 4.78 is 10.7. The van der Waals surface area contributed by atoms with Crippen molar-refractivity contribution in [1.29, 1.82) is 0 Å². The highest BCUT2D eigenvalue weighted by molar-refractivity contribution is 6.71. The fourth-order valence-electron chi connectivity index (χ4n) is 3.62. The number of hydrogen-bond donors (Lipinski definition) is 3. The first kappa shape index (κ1) is 21.0. The molecule has 0 spiro atoms. The second kappa shape index (κ2) is 8.24. The zero-order chi connectivity index (χ0) is 23.8. The van der Waals surface area contributed by atoms with Gasteiger partial charge in [0, 0.05) is 11.6 Å². The minimum absolute atomic E-state index is 0.0790. The highest BCUT2D eigenvalue weighted by Crippen LogP contribution is 2.37. The summed E-state index contributed by atoms with van der Waals surface area (Å²) in [6, 6.07) is 16.2. The Balaban J connectivity index is 1.40. The largest absolute Gasteiger partial charge is 0.505 e. The third-order valence-corrected chi connectivity index (χ3v) is 5.33. The predicted molar refractivity (Wildman–Crippen MR) is 125 cm³/mol. The van der Waals surface area contributed by atoms with Crippen molar-refractivity contribution in [1.82, 2.24) is 0 Å². The summed E-state index contributed by atoms with van der Waals surface area (Å²) in [6.45, 7) is 1.77.